The van der Waals surface area contributed by atoms with Gasteiger partial charge in [-0.2, -0.15) is 0 Å². The van der Waals surface area contributed by atoms with Gasteiger partial charge in [-0.1, -0.05) is 0 Å². The second kappa shape index (κ2) is 8.79. The Hall–Kier alpha value is -3.99. The van der Waals surface area contributed by atoms with Crippen molar-refractivity contribution < 1.29 is 14.3 Å². The quantitative estimate of drug-likeness (QED) is 0.602. The number of aromatic nitrogens is 4. The Labute approximate surface area is 176 Å². The number of hydrogen-bond acceptors (Lipinski definition) is 8. The van der Waals surface area contributed by atoms with Crippen LogP contribution in [0.5, 0.6) is 5.75 Å². The minimum atomic E-state index is -0.756. The van der Waals surface area contributed by atoms with Crippen LogP contribution < -0.4 is 26.2 Å². The van der Waals surface area contributed by atoms with Gasteiger partial charge < -0.3 is 24.7 Å². The van der Waals surface area contributed by atoms with Gasteiger partial charge in [0.1, 0.15) is 29.3 Å². The van der Waals surface area contributed by atoms with Gasteiger partial charge >= 0.3 is 5.69 Å². The molecule has 3 heterocycles. The normalized spacial score (nSPS) is 13.6. The molecule has 0 aliphatic carbocycles. The molecule has 1 amide bonds. The van der Waals surface area contributed by atoms with E-state index in [2.05, 4.69) is 20.3 Å². The number of methoxy groups -OCH3 is 1. The third-order valence-electron chi connectivity index (χ3n) is 4.78. The molecule has 0 atom stereocenters. The Morgan fingerprint density at radius 2 is 1.90 bits per heavy atom. The molecule has 0 unspecified atom stereocenters. The molecule has 1 aliphatic heterocycles. The van der Waals surface area contributed by atoms with Crippen LogP contribution in [0.2, 0.25) is 0 Å². The lowest BCUT2D eigenvalue weighted by atomic mass is 10.2. The highest BCUT2D eigenvalue weighted by Crippen LogP contribution is 2.16. The number of aromatic amines is 1. The third kappa shape index (κ3) is 4.31. The third-order valence-corrected chi connectivity index (χ3v) is 4.78. The Morgan fingerprint density at radius 3 is 2.61 bits per heavy atom. The van der Waals surface area contributed by atoms with Gasteiger partial charge in [0.15, 0.2) is 0 Å². The molecule has 0 spiro atoms. The van der Waals surface area contributed by atoms with E-state index in [1.54, 1.807) is 30.3 Å². The first-order valence-electron chi connectivity index (χ1n) is 9.52. The van der Waals surface area contributed by atoms with E-state index >= 15 is 0 Å². The van der Waals surface area contributed by atoms with E-state index in [4.69, 9.17) is 9.47 Å². The topological polar surface area (TPSA) is 131 Å². The second-order valence-corrected chi connectivity index (χ2v) is 6.66. The summed E-state index contributed by atoms with van der Waals surface area (Å²) in [5.41, 5.74) is -1.35. The smallest absolute Gasteiger partial charge is 0.333 e. The molecule has 1 aliphatic rings. The van der Waals surface area contributed by atoms with E-state index in [-0.39, 0.29) is 11.4 Å². The van der Waals surface area contributed by atoms with Crippen LogP contribution in [0.15, 0.2) is 52.4 Å². The number of nitrogens with zero attached hydrogens (tertiary/aromatic N) is 4. The van der Waals surface area contributed by atoms with Gasteiger partial charge in [0, 0.05) is 25.4 Å². The van der Waals surface area contributed by atoms with Crippen molar-refractivity contribution in [2.75, 3.05) is 43.6 Å². The minimum absolute atomic E-state index is 0.234. The summed E-state index contributed by atoms with van der Waals surface area (Å²) in [5, 5.41) is 2.59. The van der Waals surface area contributed by atoms with Crippen molar-refractivity contribution in [3.63, 3.8) is 0 Å². The Balaban J connectivity index is 1.61. The van der Waals surface area contributed by atoms with Crippen LogP contribution in [-0.4, -0.2) is 58.8 Å². The Kier molecular flexibility index (Phi) is 5.76. The first-order chi connectivity index (χ1) is 15.1. The monoisotopic (exact) mass is 424 g/mol. The van der Waals surface area contributed by atoms with E-state index in [0.29, 0.717) is 43.6 Å². The van der Waals surface area contributed by atoms with Crippen LogP contribution in [-0.2, 0) is 4.74 Å². The molecule has 3 aromatic rings. The van der Waals surface area contributed by atoms with Crippen molar-refractivity contribution in [1.29, 1.82) is 0 Å². The summed E-state index contributed by atoms with van der Waals surface area (Å²) in [6.07, 6.45) is 2.42. The maximum Gasteiger partial charge on any atom is 0.333 e. The number of benzene rings is 1. The van der Waals surface area contributed by atoms with E-state index in [9.17, 15) is 14.4 Å². The van der Waals surface area contributed by atoms with Crippen LogP contribution in [0.4, 0.5) is 11.6 Å². The van der Waals surface area contributed by atoms with Crippen LogP contribution in [0.1, 0.15) is 10.4 Å². The molecule has 11 heteroatoms. The van der Waals surface area contributed by atoms with Gasteiger partial charge in [0.2, 0.25) is 0 Å². The van der Waals surface area contributed by atoms with Gasteiger partial charge in [-0.15, -0.1) is 0 Å². The predicted octanol–water partition coefficient (Wildman–Crippen LogP) is 0.413. The maximum atomic E-state index is 12.9. The number of rotatable bonds is 5. The van der Waals surface area contributed by atoms with Crippen LogP contribution in [0, 0.1) is 0 Å². The zero-order valence-corrected chi connectivity index (χ0v) is 16.7. The summed E-state index contributed by atoms with van der Waals surface area (Å²) in [6, 6.07) is 7.95. The number of hydrogen-bond donors (Lipinski definition) is 2. The number of H-pyrrole nitrogens is 1. The summed E-state index contributed by atoms with van der Waals surface area (Å²) in [4.78, 5) is 50.6. The average Bonchev–Trinajstić information content (AvgIpc) is 2.80. The molecule has 160 valence electrons. The summed E-state index contributed by atoms with van der Waals surface area (Å²) in [5.74, 6) is 0.755. The van der Waals surface area contributed by atoms with Crippen molar-refractivity contribution in [2.45, 2.75) is 0 Å². The number of carbonyl (C=O) groups excluding carboxylic acids is 1. The molecule has 0 radical (unpaired) electrons. The number of nitrogens with one attached hydrogen (secondary N) is 2. The van der Waals surface area contributed by atoms with Crippen LogP contribution >= 0.6 is 0 Å². The average molecular weight is 424 g/mol. The number of amides is 1. The van der Waals surface area contributed by atoms with E-state index < -0.39 is 17.2 Å². The molecular formula is C20H20N6O5. The van der Waals surface area contributed by atoms with E-state index in [1.807, 2.05) is 4.90 Å². The Morgan fingerprint density at radius 1 is 1.16 bits per heavy atom. The zero-order valence-electron chi connectivity index (χ0n) is 16.7. The summed E-state index contributed by atoms with van der Waals surface area (Å²) < 4.78 is 11.3. The SMILES string of the molecule is COc1ccc(-n2c(=O)[nH]cc(C(=O)Nc3cc(N4CCOCC4)ncn3)c2=O)cc1. The largest absolute Gasteiger partial charge is 0.497 e. The zero-order chi connectivity index (χ0) is 21.8. The molecule has 0 saturated carbocycles. The van der Waals surface area contributed by atoms with Crippen LogP contribution in [0.3, 0.4) is 0 Å². The molecular weight excluding hydrogens is 404 g/mol. The number of carbonyl (C=O) groups is 1. The van der Waals surface area contributed by atoms with E-state index in [1.165, 1.54) is 13.4 Å². The fourth-order valence-electron chi connectivity index (χ4n) is 3.17. The van der Waals surface area contributed by atoms with Crippen molar-refractivity contribution in [3.8, 4) is 11.4 Å². The molecule has 2 aromatic heterocycles. The molecule has 1 saturated heterocycles. The van der Waals surface area contributed by atoms with Crippen molar-refractivity contribution >= 4 is 17.5 Å². The summed E-state index contributed by atoms with van der Waals surface area (Å²) in [6.45, 7) is 2.54. The number of ether oxygens (including phenoxy) is 2. The maximum absolute atomic E-state index is 12.9. The highest BCUT2D eigenvalue weighted by Gasteiger charge is 2.18. The van der Waals surface area contributed by atoms with Crippen molar-refractivity contribution in [2.24, 2.45) is 0 Å². The molecule has 31 heavy (non-hydrogen) atoms. The van der Waals surface area contributed by atoms with Gasteiger partial charge in [-0.05, 0) is 24.3 Å². The highest BCUT2D eigenvalue weighted by atomic mass is 16.5. The summed E-state index contributed by atoms with van der Waals surface area (Å²) >= 11 is 0. The van der Waals surface area contributed by atoms with Crippen molar-refractivity contribution in [1.82, 2.24) is 19.5 Å². The number of anilines is 2. The summed E-state index contributed by atoms with van der Waals surface area (Å²) in [7, 11) is 1.51. The van der Waals surface area contributed by atoms with Gasteiger partial charge in [-0.3, -0.25) is 9.59 Å². The number of morpholine rings is 1. The molecule has 1 fully saturated rings. The lowest BCUT2D eigenvalue weighted by molar-refractivity contribution is 0.102. The molecule has 0 bridgehead atoms. The lowest BCUT2D eigenvalue weighted by Gasteiger charge is -2.27. The highest BCUT2D eigenvalue weighted by molar-refractivity contribution is 6.03. The van der Waals surface area contributed by atoms with Gasteiger partial charge in [-0.25, -0.2) is 19.3 Å². The fraction of sp³-hybridized carbons (Fsp3) is 0.250. The van der Waals surface area contributed by atoms with Crippen molar-refractivity contribution in [3.05, 3.63) is 69.3 Å². The predicted molar refractivity (Wildman–Crippen MR) is 112 cm³/mol. The first kappa shape index (κ1) is 20.3. The molecule has 11 nitrogen and oxygen atoms in total. The van der Waals surface area contributed by atoms with Gasteiger partial charge in [0.25, 0.3) is 11.5 Å². The minimum Gasteiger partial charge on any atom is -0.497 e. The first-order valence-corrected chi connectivity index (χ1v) is 9.52. The van der Waals surface area contributed by atoms with Crippen LogP contribution in [0.25, 0.3) is 5.69 Å². The molecule has 1 aromatic carbocycles. The fourth-order valence-corrected chi connectivity index (χ4v) is 3.17. The van der Waals surface area contributed by atoms with Gasteiger partial charge in [0.05, 0.1) is 26.0 Å². The Bertz CT molecular complexity index is 1200. The van der Waals surface area contributed by atoms with E-state index in [0.717, 1.165) is 10.8 Å². The second-order valence-electron chi connectivity index (χ2n) is 6.66. The molecule has 2 N–H and O–H groups in total. The standard InChI is InChI=1S/C20H20N6O5/c1-30-14-4-2-13(3-5-14)26-19(28)15(11-21-20(26)29)18(27)24-16-10-17(23-12-22-16)25-6-8-31-9-7-25/h2-5,10-12H,6-9H2,1H3,(H,21,29)(H,22,23,24,27). The molecule has 4 rings (SSSR count). The lowest BCUT2D eigenvalue weighted by Crippen LogP contribution is -2.38.